The Hall–Kier alpha value is -1.74. The molecule has 5 nitrogen and oxygen atoms in total. The highest BCUT2D eigenvalue weighted by Crippen LogP contribution is 2.38. The summed E-state index contributed by atoms with van der Waals surface area (Å²) < 4.78 is 37.5. The van der Waals surface area contributed by atoms with Crippen molar-refractivity contribution in [2.75, 3.05) is 25.0 Å². The van der Waals surface area contributed by atoms with Crippen molar-refractivity contribution in [3.8, 4) is 0 Å². The van der Waals surface area contributed by atoms with Gasteiger partial charge in [0.25, 0.3) is 5.91 Å². The Kier molecular flexibility index (Phi) is 5.69. The van der Waals surface area contributed by atoms with E-state index < -0.39 is 17.1 Å². The minimum absolute atomic E-state index is 0.00994. The van der Waals surface area contributed by atoms with E-state index in [9.17, 15) is 22.8 Å². The number of hydrogen-bond acceptors (Lipinski definition) is 4. The Bertz CT molecular complexity index is 752. The van der Waals surface area contributed by atoms with Crippen LogP contribution in [-0.2, 0) is 4.79 Å². The first-order valence-electron chi connectivity index (χ1n) is 9.23. The molecule has 2 fully saturated rings. The van der Waals surface area contributed by atoms with E-state index >= 15 is 0 Å². The highest BCUT2D eigenvalue weighted by molar-refractivity contribution is 8.00. The topological polar surface area (TPSA) is 43.9 Å². The maximum absolute atomic E-state index is 13.0. The summed E-state index contributed by atoms with van der Waals surface area (Å²) in [6.45, 7) is 4.92. The summed E-state index contributed by atoms with van der Waals surface area (Å²) in [6, 6.07) is 5.29. The zero-order valence-corrected chi connectivity index (χ0v) is 16.9. The number of thioether (sulfide) groups is 1. The predicted molar refractivity (Wildman–Crippen MR) is 102 cm³/mol. The maximum Gasteiger partial charge on any atom is 0.446 e. The number of rotatable bonds is 5. The van der Waals surface area contributed by atoms with E-state index in [4.69, 9.17) is 0 Å². The third-order valence-corrected chi connectivity index (χ3v) is 6.25. The molecule has 0 aromatic heterocycles. The first kappa shape index (κ1) is 21.0. The smallest absolute Gasteiger partial charge is 0.310 e. The molecule has 28 heavy (non-hydrogen) atoms. The molecule has 0 bridgehead atoms. The Morgan fingerprint density at radius 3 is 2.36 bits per heavy atom. The average molecular weight is 415 g/mol. The molecule has 3 rings (SSSR count). The largest absolute Gasteiger partial charge is 0.446 e. The summed E-state index contributed by atoms with van der Waals surface area (Å²) >= 11 is -0.227. The number of carbonyl (C=O) groups excluding carboxylic acids is 2. The lowest BCUT2D eigenvalue weighted by Crippen LogP contribution is -2.45. The number of amides is 3. The van der Waals surface area contributed by atoms with Crippen molar-refractivity contribution in [2.45, 2.75) is 55.1 Å². The summed E-state index contributed by atoms with van der Waals surface area (Å²) in [6.07, 6.45) is 2.99. The molecule has 0 spiro atoms. The highest BCUT2D eigenvalue weighted by atomic mass is 32.2. The predicted octanol–water partition coefficient (Wildman–Crippen LogP) is 4.33. The van der Waals surface area contributed by atoms with Crippen LogP contribution in [0.4, 0.5) is 23.7 Å². The van der Waals surface area contributed by atoms with Crippen LogP contribution in [-0.4, -0.2) is 59.0 Å². The number of imide groups is 1. The second kappa shape index (κ2) is 7.59. The van der Waals surface area contributed by atoms with E-state index in [2.05, 4.69) is 11.9 Å². The number of benzene rings is 1. The Balaban J connectivity index is 1.75. The van der Waals surface area contributed by atoms with Gasteiger partial charge in [-0.05, 0) is 82.7 Å². The van der Waals surface area contributed by atoms with Crippen molar-refractivity contribution in [1.82, 2.24) is 9.80 Å². The van der Waals surface area contributed by atoms with Gasteiger partial charge in [0.2, 0.25) is 0 Å². The van der Waals surface area contributed by atoms with Gasteiger partial charge in [-0.25, -0.2) is 9.69 Å². The highest BCUT2D eigenvalue weighted by Gasteiger charge is 2.51. The fourth-order valence-corrected chi connectivity index (χ4v) is 4.40. The lowest BCUT2D eigenvalue weighted by molar-refractivity contribution is -0.123. The molecule has 1 unspecified atom stereocenters. The molecule has 0 N–H and O–H groups in total. The minimum Gasteiger partial charge on any atom is -0.310 e. The average Bonchev–Trinajstić information content (AvgIpc) is 3.06. The normalized spacial score (nSPS) is 23.1. The molecule has 2 aliphatic heterocycles. The molecule has 0 aliphatic carbocycles. The van der Waals surface area contributed by atoms with Gasteiger partial charge in [0.15, 0.2) is 0 Å². The van der Waals surface area contributed by atoms with Crippen LogP contribution in [0, 0.1) is 0 Å². The van der Waals surface area contributed by atoms with Crippen molar-refractivity contribution in [2.24, 2.45) is 0 Å². The Morgan fingerprint density at radius 1 is 1.18 bits per heavy atom. The van der Waals surface area contributed by atoms with Gasteiger partial charge in [0, 0.05) is 17.5 Å². The van der Waals surface area contributed by atoms with Gasteiger partial charge in [0.05, 0.1) is 5.69 Å². The van der Waals surface area contributed by atoms with Crippen molar-refractivity contribution in [3.05, 3.63) is 24.3 Å². The van der Waals surface area contributed by atoms with Gasteiger partial charge in [-0.2, -0.15) is 13.2 Å². The summed E-state index contributed by atoms with van der Waals surface area (Å²) in [5.74, 6) is -0.367. The summed E-state index contributed by atoms with van der Waals surface area (Å²) in [7, 11) is 2.06. The van der Waals surface area contributed by atoms with Crippen molar-refractivity contribution >= 4 is 29.4 Å². The van der Waals surface area contributed by atoms with E-state index in [1.807, 2.05) is 0 Å². The van der Waals surface area contributed by atoms with E-state index in [-0.39, 0.29) is 28.3 Å². The maximum atomic E-state index is 13.0. The lowest BCUT2D eigenvalue weighted by atomic mass is 10.0. The molecule has 154 valence electrons. The van der Waals surface area contributed by atoms with Crippen molar-refractivity contribution in [1.29, 1.82) is 0 Å². The van der Waals surface area contributed by atoms with E-state index in [1.54, 1.807) is 18.7 Å². The van der Waals surface area contributed by atoms with Crippen LogP contribution in [0.3, 0.4) is 0 Å². The molecule has 0 saturated carbocycles. The van der Waals surface area contributed by atoms with Crippen LogP contribution in [0.5, 0.6) is 0 Å². The molecule has 1 atom stereocenters. The summed E-state index contributed by atoms with van der Waals surface area (Å²) in [5, 5.41) is 0. The zero-order valence-electron chi connectivity index (χ0n) is 16.1. The molecule has 9 heteroatoms. The molecule has 2 saturated heterocycles. The van der Waals surface area contributed by atoms with Crippen LogP contribution in [0.15, 0.2) is 29.2 Å². The van der Waals surface area contributed by atoms with Gasteiger partial charge in [0.1, 0.15) is 5.54 Å². The monoisotopic (exact) mass is 415 g/mol. The fourth-order valence-electron chi connectivity index (χ4n) is 3.86. The number of hydrogen-bond donors (Lipinski definition) is 0. The van der Waals surface area contributed by atoms with Gasteiger partial charge in [-0.1, -0.05) is 0 Å². The van der Waals surface area contributed by atoms with Gasteiger partial charge < -0.3 is 9.80 Å². The molecular formula is C19H24F3N3O2S. The number of carbonyl (C=O) groups is 2. The number of urea groups is 1. The first-order valence-corrected chi connectivity index (χ1v) is 10.0. The van der Waals surface area contributed by atoms with Crippen LogP contribution in [0.2, 0.25) is 0 Å². The molecule has 1 aromatic carbocycles. The van der Waals surface area contributed by atoms with Gasteiger partial charge in [-0.3, -0.25) is 4.79 Å². The van der Waals surface area contributed by atoms with Crippen molar-refractivity contribution < 1.29 is 22.8 Å². The second-order valence-electron chi connectivity index (χ2n) is 7.74. The second-order valence-corrected chi connectivity index (χ2v) is 8.88. The van der Waals surface area contributed by atoms with E-state index in [0.717, 1.165) is 30.7 Å². The number of likely N-dealkylation sites (tertiary alicyclic amines) is 1. The van der Waals surface area contributed by atoms with Crippen LogP contribution >= 0.6 is 11.8 Å². The molecule has 2 aliphatic rings. The summed E-state index contributed by atoms with van der Waals surface area (Å²) in [5.41, 5.74) is -5.09. The molecular weight excluding hydrogens is 391 g/mol. The molecule has 0 radical (unpaired) electrons. The number of alkyl halides is 3. The molecule has 1 aromatic rings. The van der Waals surface area contributed by atoms with Crippen LogP contribution < -0.4 is 4.90 Å². The zero-order chi connectivity index (χ0) is 20.7. The standard InChI is InChI=1S/C19H24F3N3O2S/c1-18(2)16(26)25(14-6-8-15(9-7-14)28-19(20,21)22)17(27)24(18)12-10-13-5-4-11-23(13)3/h6-9,13H,4-5,10-12H2,1-3H3. The Morgan fingerprint density at radius 2 is 1.82 bits per heavy atom. The number of halogens is 3. The quantitative estimate of drug-likeness (QED) is 0.530. The third-order valence-electron chi connectivity index (χ3n) is 5.51. The molecule has 2 heterocycles. The number of anilines is 1. The Labute approximate surface area is 166 Å². The third kappa shape index (κ3) is 4.15. The SMILES string of the molecule is CN1CCCC1CCN1C(=O)N(c2ccc(SC(F)(F)F)cc2)C(=O)C1(C)C. The lowest BCUT2D eigenvalue weighted by Gasteiger charge is -2.30. The van der Waals surface area contributed by atoms with E-state index in [0.29, 0.717) is 12.6 Å². The minimum atomic E-state index is -4.38. The van der Waals surface area contributed by atoms with E-state index in [1.165, 1.54) is 24.3 Å². The summed E-state index contributed by atoms with van der Waals surface area (Å²) in [4.78, 5) is 30.8. The van der Waals surface area contributed by atoms with Gasteiger partial charge >= 0.3 is 11.5 Å². The van der Waals surface area contributed by atoms with Crippen molar-refractivity contribution in [3.63, 3.8) is 0 Å². The van der Waals surface area contributed by atoms with Crippen LogP contribution in [0.25, 0.3) is 0 Å². The number of nitrogens with zero attached hydrogens (tertiary/aromatic N) is 3. The van der Waals surface area contributed by atoms with Gasteiger partial charge in [-0.15, -0.1) is 0 Å². The fraction of sp³-hybridized carbons (Fsp3) is 0.579. The van der Waals surface area contributed by atoms with Crippen LogP contribution in [0.1, 0.15) is 33.1 Å². The molecule has 3 amide bonds. The first-order chi connectivity index (χ1) is 13.0.